The van der Waals surface area contributed by atoms with Gasteiger partial charge in [0.2, 0.25) is 5.91 Å². The molecule has 4 rings (SSSR count). The predicted octanol–water partition coefficient (Wildman–Crippen LogP) is 6.63. The summed E-state index contributed by atoms with van der Waals surface area (Å²) >= 11 is 12.5. The molecule has 0 spiro atoms. The first kappa shape index (κ1) is 21.5. The second-order valence-electron chi connectivity index (χ2n) is 8.15. The quantitative estimate of drug-likeness (QED) is 0.409. The van der Waals surface area contributed by atoms with Crippen molar-refractivity contribution >= 4 is 34.9 Å². The van der Waals surface area contributed by atoms with E-state index < -0.39 is 5.41 Å². The molecule has 0 aliphatic carbocycles. The van der Waals surface area contributed by atoms with Crippen molar-refractivity contribution in [2.75, 3.05) is 4.90 Å². The Balaban J connectivity index is 1.94. The normalized spacial score (nSPS) is 23.6. The van der Waals surface area contributed by atoms with Gasteiger partial charge in [0.15, 0.2) is 5.82 Å². The number of benzene rings is 2. The molecule has 0 bridgehead atoms. The summed E-state index contributed by atoms with van der Waals surface area (Å²) in [4.78, 5) is 24.4. The summed E-state index contributed by atoms with van der Waals surface area (Å²) in [6.07, 6.45) is 7.87. The van der Waals surface area contributed by atoms with Crippen LogP contribution in [0.25, 0.3) is 0 Å². The maximum absolute atomic E-state index is 13.9. The van der Waals surface area contributed by atoms with Crippen LogP contribution in [0.15, 0.2) is 79.8 Å². The number of rotatable bonds is 5. The van der Waals surface area contributed by atoms with E-state index in [4.69, 9.17) is 23.2 Å². The first-order chi connectivity index (χ1) is 14.9. The minimum Gasteiger partial charge on any atom is -0.287 e. The van der Waals surface area contributed by atoms with Crippen molar-refractivity contribution in [2.45, 2.75) is 31.7 Å². The number of carbonyl (C=O) groups excluding carboxylic acids is 1. The number of aromatic nitrogens is 2. The van der Waals surface area contributed by atoms with Crippen LogP contribution in [0.3, 0.4) is 0 Å². The second-order valence-corrected chi connectivity index (χ2v) is 9.03. The van der Waals surface area contributed by atoms with Crippen LogP contribution in [0.5, 0.6) is 0 Å². The highest BCUT2D eigenvalue weighted by Gasteiger charge is 2.50. The summed E-state index contributed by atoms with van der Waals surface area (Å²) in [6, 6.07) is 15.2. The predicted molar refractivity (Wildman–Crippen MR) is 125 cm³/mol. The first-order valence-corrected chi connectivity index (χ1v) is 10.9. The third-order valence-corrected chi connectivity index (χ3v) is 6.43. The van der Waals surface area contributed by atoms with E-state index in [0.717, 1.165) is 11.1 Å². The summed E-state index contributed by atoms with van der Waals surface area (Å²) in [5.41, 5.74) is 1.42. The zero-order chi connectivity index (χ0) is 22.0. The molecule has 2 unspecified atom stereocenters. The molecule has 0 saturated carbocycles. The van der Waals surface area contributed by atoms with E-state index in [1.54, 1.807) is 23.5 Å². The third-order valence-electron chi connectivity index (χ3n) is 5.94. The molecule has 1 aliphatic heterocycles. The number of piperidine rings is 1. The van der Waals surface area contributed by atoms with Crippen molar-refractivity contribution in [3.8, 4) is 0 Å². The van der Waals surface area contributed by atoms with E-state index in [9.17, 15) is 4.79 Å². The maximum Gasteiger partial charge on any atom is 0.235 e. The lowest BCUT2D eigenvalue weighted by atomic mass is 9.67. The fourth-order valence-electron chi connectivity index (χ4n) is 4.51. The first-order valence-electron chi connectivity index (χ1n) is 10.1. The molecule has 3 aromatic rings. The van der Waals surface area contributed by atoms with Crippen molar-refractivity contribution in [2.24, 2.45) is 5.41 Å². The Morgan fingerprint density at radius 3 is 2.55 bits per heavy atom. The monoisotopic (exact) mass is 451 g/mol. The number of carbonyl (C=O) groups is 1. The van der Waals surface area contributed by atoms with Gasteiger partial charge in [-0.25, -0.2) is 4.98 Å². The Morgan fingerprint density at radius 2 is 1.90 bits per heavy atom. The Bertz CT molecular complexity index is 1090. The average Bonchev–Trinajstić information content (AvgIpc) is 2.77. The molecule has 2 heterocycles. The van der Waals surface area contributed by atoms with Crippen LogP contribution < -0.4 is 4.90 Å². The summed E-state index contributed by atoms with van der Waals surface area (Å²) in [6.45, 7) is 5.89. The highest BCUT2D eigenvalue weighted by atomic mass is 35.5. The molecule has 2 aromatic carbocycles. The highest BCUT2D eigenvalue weighted by Crippen LogP contribution is 2.52. The van der Waals surface area contributed by atoms with Crippen LogP contribution in [0.2, 0.25) is 10.0 Å². The lowest BCUT2D eigenvalue weighted by molar-refractivity contribution is -0.131. The van der Waals surface area contributed by atoms with E-state index in [0.29, 0.717) is 28.7 Å². The molecule has 31 heavy (non-hydrogen) atoms. The van der Waals surface area contributed by atoms with Gasteiger partial charge in [-0.3, -0.25) is 14.7 Å². The smallest absolute Gasteiger partial charge is 0.235 e. The van der Waals surface area contributed by atoms with Gasteiger partial charge in [-0.1, -0.05) is 60.5 Å². The SMILES string of the molecule is C=CC[C@@]1(C)CC(c2cccc(Cl)c2)C(c2ccc(Cl)cc2)N(c2cnccn2)C1=O. The number of hydrogen-bond donors (Lipinski definition) is 0. The molecule has 158 valence electrons. The third kappa shape index (κ3) is 4.23. The van der Waals surface area contributed by atoms with Crippen LogP contribution in [0.4, 0.5) is 5.82 Å². The molecule has 0 radical (unpaired) electrons. The molecule has 3 atom stereocenters. The topological polar surface area (TPSA) is 46.1 Å². The Morgan fingerprint density at radius 1 is 1.13 bits per heavy atom. The van der Waals surface area contributed by atoms with Gasteiger partial charge in [0, 0.05) is 28.4 Å². The Hall–Kier alpha value is -2.69. The van der Waals surface area contributed by atoms with Crippen LogP contribution in [0, 0.1) is 5.41 Å². The number of allylic oxidation sites excluding steroid dienone is 1. The van der Waals surface area contributed by atoms with E-state index in [1.807, 2.05) is 55.5 Å². The number of hydrogen-bond acceptors (Lipinski definition) is 3. The molecule has 1 saturated heterocycles. The van der Waals surface area contributed by atoms with Gasteiger partial charge in [-0.05, 0) is 48.2 Å². The Kier molecular flexibility index (Phi) is 6.12. The maximum atomic E-state index is 13.9. The highest BCUT2D eigenvalue weighted by molar-refractivity contribution is 6.30. The van der Waals surface area contributed by atoms with Gasteiger partial charge in [0.25, 0.3) is 0 Å². The van der Waals surface area contributed by atoms with E-state index in [-0.39, 0.29) is 17.9 Å². The van der Waals surface area contributed by atoms with Crippen LogP contribution in [-0.4, -0.2) is 15.9 Å². The minimum atomic E-state index is -0.630. The number of halogens is 2. The molecule has 6 heteroatoms. The fraction of sp³-hybridized carbons (Fsp3) is 0.240. The average molecular weight is 452 g/mol. The summed E-state index contributed by atoms with van der Waals surface area (Å²) < 4.78 is 0. The standard InChI is InChI=1S/C25H23Cl2N3O/c1-3-11-25(2)15-21(18-5-4-6-20(27)14-18)23(17-7-9-19(26)10-8-17)30(24(25)31)22-16-28-12-13-29-22/h3-10,12-14,16,21,23H,1,11,15H2,2H3/t21?,23?,25-/m0/s1. The molecular weight excluding hydrogens is 429 g/mol. The molecule has 4 nitrogen and oxygen atoms in total. The van der Waals surface area contributed by atoms with Crippen molar-refractivity contribution in [1.29, 1.82) is 0 Å². The summed E-state index contributed by atoms with van der Waals surface area (Å²) in [5.74, 6) is 0.519. The van der Waals surface area contributed by atoms with Crippen molar-refractivity contribution < 1.29 is 4.79 Å². The number of nitrogens with zero attached hydrogens (tertiary/aromatic N) is 3. The molecule has 0 N–H and O–H groups in total. The fourth-order valence-corrected chi connectivity index (χ4v) is 4.84. The van der Waals surface area contributed by atoms with Gasteiger partial charge in [-0.15, -0.1) is 6.58 Å². The largest absolute Gasteiger partial charge is 0.287 e. The zero-order valence-corrected chi connectivity index (χ0v) is 18.7. The van der Waals surface area contributed by atoms with E-state index in [2.05, 4.69) is 22.6 Å². The van der Waals surface area contributed by atoms with Gasteiger partial charge in [-0.2, -0.15) is 0 Å². The van der Waals surface area contributed by atoms with E-state index in [1.165, 1.54) is 0 Å². The van der Waals surface area contributed by atoms with Gasteiger partial charge >= 0.3 is 0 Å². The van der Waals surface area contributed by atoms with Gasteiger partial charge < -0.3 is 0 Å². The molecule has 1 aliphatic rings. The lowest BCUT2D eigenvalue weighted by Gasteiger charge is -2.48. The van der Waals surface area contributed by atoms with Crippen LogP contribution in [0.1, 0.15) is 42.9 Å². The lowest BCUT2D eigenvalue weighted by Crippen LogP contribution is -2.52. The van der Waals surface area contributed by atoms with Crippen molar-refractivity contribution in [1.82, 2.24) is 9.97 Å². The zero-order valence-electron chi connectivity index (χ0n) is 17.2. The second kappa shape index (κ2) is 8.81. The molecular formula is C25H23Cl2N3O. The number of amides is 1. The van der Waals surface area contributed by atoms with Crippen molar-refractivity contribution in [3.05, 3.63) is 101 Å². The summed E-state index contributed by atoms with van der Waals surface area (Å²) in [7, 11) is 0. The van der Waals surface area contributed by atoms with Crippen molar-refractivity contribution in [3.63, 3.8) is 0 Å². The minimum absolute atomic E-state index is 0.00567. The molecule has 1 aromatic heterocycles. The summed E-state index contributed by atoms with van der Waals surface area (Å²) in [5, 5.41) is 1.31. The van der Waals surface area contributed by atoms with Gasteiger partial charge in [0.05, 0.1) is 17.7 Å². The van der Waals surface area contributed by atoms with Crippen LogP contribution >= 0.6 is 23.2 Å². The molecule has 1 fully saturated rings. The van der Waals surface area contributed by atoms with Gasteiger partial charge in [0.1, 0.15) is 0 Å². The Labute approximate surface area is 192 Å². The molecule has 1 amide bonds. The number of anilines is 1. The van der Waals surface area contributed by atoms with E-state index >= 15 is 0 Å². The van der Waals surface area contributed by atoms with Crippen LogP contribution in [-0.2, 0) is 4.79 Å².